The summed E-state index contributed by atoms with van der Waals surface area (Å²) in [5.74, 6) is 0.433. The number of carbonyl (C=O) groups excluding carboxylic acids is 2. The molecule has 0 aliphatic rings. The van der Waals surface area contributed by atoms with Gasteiger partial charge in [0.05, 0.1) is 13.7 Å². The monoisotopic (exact) mass is 543 g/mol. The van der Waals surface area contributed by atoms with Crippen molar-refractivity contribution in [3.63, 3.8) is 0 Å². The summed E-state index contributed by atoms with van der Waals surface area (Å²) >= 11 is 1.53. The van der Waals surface area contributed by atoms with Crippen LogP contribution in [0.1, 0.15) is 43.4 Å². The predicted octanol–water partition coefficient (Wildman–Crippen LogP) is 4.70. The van der Waals surface area contributed by atoms with Crippen LogP contribution in [-0.2, 0) is 13.1 Å². The van der Waals surface area contributed by atoms with Crippen molar-refractivity contribution in [2.24, 2.45) is 0 Å². The molecule has 0 saturated heterocycles. The summed E-state index contributed by atoms with van der Waals surface area (Å²) in [4.78, 5) is 36.7. The maximum atomic E-state index is 13.3. The van der Waals surface area contributed by atoms with Gasteiger partial charge in [-0.2, -0.15) is 0 Å². The number of hydrogen-bond acceptors (Lipinski definition) is 7. The van der Waals surface area contributed by atoms with E-state index in [0.29, 0.717) is 24.2 Å². The first-order valence-corrected chi connectivity index (χ1v) is 13.6. The van der Waals surface area contributed by atoms with Crippen molar-refractivity contribution in [3.05, 3.63) is 99.8 Å². The fourth-order valence-electron chi connectivity index (χ4n) is 4.09. The maximum absolute atomic E-state index is 13.3. The molecule has 39 heavy (non-hydrogen) atoms. The number of aromatic nitrogens is 2. The Bertz CT molecular complexity index is 1410. The van der Waals surface area contributed by atoms with Crippen LogP contribution in [0.4, 0.5) is 0 Å². The van der Waals surface area contributed by atoms with Gasteiger partial charge in [0.15, 0.2) is 0 Å². The molecule has 0 bridgehead atoms. The number of ether oxygens (including phenoxy) is 1. The topological polar surface area (TPSA) is 96.5 Å². The van der Waals surface area contributed by atoms with Crippen molar-refractivity contribution in [1.29, 1.82) is 0 Å². The van der Waals surface area contributed by atoms with Gasteiger partial charge < -0.3 is 20.3 Å². The second kappa shape index (κ2) is 13.6. The Morgan fingerprint density at radius 1 is 1.03 bits per heavy atom. The van der Waals surface area contributed by atoms with E-state index in [1.807, 2.05) is 54.8 Å². The summed E-state index contributed by atoms with van der Waals surface area (Å²) in [5.41, 5.74) is 4.54. The largest absolute Gasteiger partial charge is 0.497 e. The smallest absolute Gasteiger partial charge is 0.254 e. The van der Waals surface area contributed by atoms with E-state index in [9.17, 15) is 9.59 Å². The van der Waals surface area contributed by atoms with Gasteiger partial charge in [-0.05, 0) is 67.4 Å². The summed E-state index contributed by atoms with van der Waals surface area (Å²) in [7, 11) is 3.40. The highest BCUT2D eigenvalue weighted by atomic mass is 32.1. The van der Waals surface area contributed by atoms with Gasteiger partial charge in [0.25, 0.3) is 11.8 Å². The number of nitrogens with one attached hydrogen (secondary N) is 2. The Balaban J connectivity index is 1.39. The molecule has 2 amide bonds. The van der Waals surface area contributed by atoms with Crippen LogP contribution in [0.5, 0.6) is 5.75 Å². The molecule has 2 N–H and O–H groups in total. The molecule has 0 atom stereocenters. The van der Waals surface area contributed by atoms with Crippen molar-refractivity contribution in [2.75, 3.05) is 27.2 Å². The SMILES string of the molecule is COc1cccc(CNCCCNC(=O)c2cc(C(=O)N(C)Cc3nc(C)cs3)cc(-c3cccnc3)c2)c1. The molecule has 0 aliphatic heterocycles. The summed E-state index contributed by atoms with van der Waals surface area (Å²) in [6.45, 7) is 4.31. The minimum Gasteiger partial charge on any atom is -0.497 e. The fourth-order valence-corrected chi connectivity index (χ4v) is 4.91. The average Bonchev–Trinajstić information content (AvgIpc) is 3.38. The number of rotatable bonds is 12. The van der Waals surface area contributed by atoms with Crippen molar-refractivity contribution >= 4 is 23.2 Å². The third kappa shape index (κ3) is 7.95. The predicted molar refractivity (Wildman–Crippen MR) is 154 cm³/mol. The van der Waals surface area contributed by atoms with Crippen LogP contribution >= 0.6 is 11.3 Å². The zero-order chi connectivity index (χ0) is 27.6. The van der Waals surface area contributed by atoms with Gasteiger partial charge in [-0.3, -0.25) is 14.6 Å². The normalized spacial score (nSPS) is 10.7. The van der Waals surface area contributed by atoms with Gasteiger partial charge >= 0.3 is 0 Å². The summed E-state index contributed by atoms with van der Waals surface area (Å²) in [6.07, 6.45) is 4.18. The van der Waals surface area contributed by atoms with E-state index >= 15 is 0 Å². The van der Waals surface area contributed by atoms with Crippen molar-refractivity contribution in [2.45, 2.75) is 26.4 Å². The van der Waals surface area contributed by atoms with Gasteiger partial charge in [0, 0.05) is 60.3 Å². The minimum absolute atomic E-state index is 0.176. The number of pyridine rings is 1. The number of aryl methyl sites for hydroxylation is 1. The lowest BCUT2D eigenvalue weighted by Crippen LogP contribution is -2.29. The summed E-state index contributed by atoms with van der Waals surface area (Å²) in [6, 6.07) is 16.9. The van der Waals surface area contributed by atoms with Gasteiger partial charge in [0.1, 0.15) is 10.8 Å². The van der Waals surface area contributed by atoms with E-state index in [1.165, 1.54) is 11.3 Å². The molecule has 0 saturated carbocycles. The Morgan fingerprint density at radius 2 is 1.87 bits per heavy atom. The molecule has 2 heterocycles. The maximum Gasteiger partial charge on any atom is 0.254 e. The zero-order valence-corrected chi connectivity index (χ0v) is 23.3. The molecule has 0 fully saturated rings. The number of amides is 2. The standard InChI is InChI=1S/C30H33N5O3S/c1-21-20-39-28(34-21)19-35(2)30(37)26-15-24(23-8-5-10-32-18-23)14-25(16-26)29(36)33-12-6-11-31-17-22-7-4-9-27(13-22)38-3/h4-5,7-10,13-16,18,20,31H,6,11-12,17,19H2,1-3H3,(H,33,36). The summed E-state index contributed by atoms with van der Waals surface area (Å²) < 4.78 is 5.26. The van der Waals surface area contributed by atoms with Crippen LogP contribution in [0.3, 0.4) is 0 Å². The number of carbonyl (C=O) groups is 2. The molecular formula is C30H33N5O3S. The highest BCUT2D eigenvalue weighted by Gasteiger charge is 2.18. The number of hydrogen-bond donors (Lipinski definition) is 2. The van der Waals surface area contributed by atoms with Gasteiger partial charge in [-0.15, -0.1) is 11.3 Å². The van der Waals surface area contributed by atoms with Crippen LogP contribution in [0, 0.1) is 6.92 Å². The van der Waals surface area contributed by atoms with Crippen LogP contribution in [0.25, 0.3) is 11.1 Å². The van der Waals surface area contributed by atoms with Crippen molar-refractivity contribution in [1.82, 2.24) is 25.5 Å². The molecule has 0 radical (unpaired) electrons. The van der Waals surface area contributed by atoms with Crippen LogP contribution in [0.2, 0.25) is 0 Å². The van der Waals surface area contributed by atoms with E-state index in [4.69, 9.17) is 4.74 Å². The highest BCUT2D eigenvalue weighted by Crippen LogP contribution is 2.23. The Hall–Kier alpha value is -4.08. The van der Waals surface area contributed by atoms with Crippen molar-refractivity contribution < 1.29 is 14.3 Å². The van der Waals surface area contributed by atoms with E-state index < -0.39 is 0 Å². The highest BCUT2D eigenvalue weighted by molar-refractivity contribution is 7.09. The van der Waals surface area contributed by atoms with E-state index in [-0.39, 0.29) is 11.8 Å². The fraction of sp³-hybridized carbons (Fsp3) is 0.267. The van der Waals surface area contributed by atoms with Crippen LogP contribution in [0.15, 0.2) is 72.4 Å². The van der Waals surface area contributed by atoms with Crippen LogP contribution in [-0.4, -0.2) is 53.9 Å². The van der Waals surface area contributed by atoms with E-state index in [1.54, 1.807) is 43.6 Å². The first kappa shape index (κ1) is 27.9. The van der Waals surface area contributed by atoms with E-state index in [0.717, 1.165) is 52.7 Å². The number of methoxy groups -OCH3 is 1. The van der Waals surface area contributed by atoms with E-state index in [2.05, 4.69) is 20.6 Å². The molecule has 0 unspecified atom stereocenters. The average molecular weight is 544 g/mol. The lowest BCUT2D eigenvalue weighted by Gasteiger charge is -2.17. The number of benzene rings is 2. The van der Waals surface area contributed by atoms with Crippen LogP contribution < -0.4 is 15.4 Å². The zero-order valence-electron chi connectivity index (χ0n) is 22.4. The molecule has 0 spiro atoms. The van der Waals surface area contributed by atoms with Crippen molar-refractivity contribution in [3.8, 4) is 16.9 Å². The minimum atomic E-state index is -0.221. The molecule has 0 aliphatic carbocycles. The third-order valence-electron chi connectivity index (χ3n) is 6.10. The second-order valence-corrected chi connectivity index (χ2v) is 10.2. The summed E-state index contributed by atoms with van der Waals surface area (Å²) in [5, 5.41) is 9.20. The molecule has 8 nitrogen and oxygen atoms in total. The van der Waals surface area contributed by atoms with Gasteiger partial charge in [0.2, 0.25) is 0 Å². The molecular weight excluding hydrogens is 510 g/mol. The molecule has 4 rings (SSSR count). The third-order valence-corrected chi connectivity index (χ3v) is 7.05. The Kier molecular flexibility index (Phi) is 9.77. The van der Waals surface area contributed by atoms with Gasteiger partial charge in [-0.1, -0.05) is 18.2 Å². The quantitative estimate of drug-likeness (QED) is 0.252. The lowest BCUT2D eigenvalue weighted by molar-refractivity contribution is 0.0785. The lowest BCUT2D eigenvalue weighted by atomic mass is 9.99. The number of nitrogens with zero attached hydrogens (tertiary/aromatic N) is 3. The van der Waals surface area contributed by atoms with Gasteiger partial charge in [-0.25, -0.2) is 4.98 Å². The molecule has 4 aromatic rings. The molecule has 2 aromatic carbocycles. The first-order chi connectivity index (χ1) is 18.9. The second-order valence-electron chi connectivity index (χ2n) is 9.22. The Morgan fingerprint density at radius 3 is 2.62 bits per heavy atom. The Labute approximate surface area is 233 Å². The molecule has 9 heteroatoms. The molecule has 2 aromatic heterocycles. The first-order valence-electron chi connectivity index (χ1n) is 12.8. The molecule has 202 valence electrons. The number of thiazole rings is 1.